The zero-order valence-corrected chi connectivity index (χ0v) is 27.6. The van der Waals surface area contributed by atoms with E-state index in [-0.39, 0.29) is 42.2 Å². The number of aliphatic hydroxyl groups excluding tert-OH is 1. The zero-order chi connectivity index (χ0) is 32.6. The number of aliphatic hydroxyl groups is 1. The van der Waals surface area contributed by atoms with E-state index in [4.69, 9.17) is 0 Å². The number of allylic oxidation sites excluding steroid dienone is 2. The standard InChI is InChI=1S/C33H42N4O6S2/c1-15-19(5-7-29(38)39)25(34-22(15)11-24-17(3)21(9-10-44)33(43)36-24)13-26-20(6-8-30(40)41)16(2)23(35-26)12-27-31(28-14-45-28)18(4)32(42)37-27/h6,8-9,12-13,17-18,22,24,28,31-32,34-35,37,42,44H,5,7,10-11,14H2,1-4H3,(H,36,43)(H,38,39)(H,40,41)/b8-6-,21-9-,25-13-,27-12-/t17?,18-,22?,24-,28+,31-,32?/m1/s1. The summed E-state index contributed by atoms with van der Waals surface area (Å²) in [5, 5.41) is 39.9. The lowest BCUT2D eigenvalue weighted by atomic mass is 9.90. The van der Waals surface area contributed by atoms with Crippen LogP contribution in [0.5, 0.6) is 0 Å². The number of aromatic nitrogens is 1. The fraction of sp³-hybridized carbons (Fsp3) is 0.485. The predicted octanol–water partition coefficient (Wildman–Crippen LogP) is 3.93. The molecule has 4 aliphatic heterocycles. The van der Waals surface area contributed by atoms with Crippen LogP contribution in [0.4, 0.5) is 0 Å². The van der Waals surface area contributed by atoms with Gasteiger partial charge in [0.05, 0.1) is 0 Å². The number of carbonyl (C=O) groups excluding carboxylic acids is 1. The van der Waals surface area contributed by atoms with Crippen molar-refractivity contribution in [2.45, 2.75) is 70.5 Å². The van der Waals surface area contributed by atoms with E-state index in [1.165, 1.54) is 0 Å². The monoisotopic (exact) mass is 654 g/mol. The smallest absolute Gasteiger partial charge is 0.328 e. The maximum Gasteiger partial charge on any atom is 0.328 e. The number of amides is 1. The quantitative estimate of drug-likeness (QED) is 0.100. The van der Waals surface area contributed by atoms with Crippen molar-refractivity contribution in [2.24, 2.45) is 17.8 Å². The SMILES string of the molecule is CC1=C(CCC(=O)O)/C(=C/c2[nH]c(/C=C3\NC(O)[C@H](C)[C@H]3[C@@H]3CS3)c(C)c2/C=C\C(=O)O)NC1C[C@H]1NC(=O)/C(=C\CS)C1C. The van der Waals surface area contributed by atoms with Crippen molar-refractivity contribution in [1.29, 1.82) is 0 Å². The number of carboxylic acids is 2. The van der Waals surface area contributed by atoms with Crippen LogP contribution in [-0.4, -0.2) is 73.2 Å². The molecule has 0 saturated carbocycles. The second-order valence-electron chi connectivity index (χ2n) is 12.4. The number of carboxylic acid groups (broad SMARTS) is 2. The van der Waals surface area contributed by atoms with E-state index in [2.05, 4.69) is 33.6 Å². The summed E-state index contributed by atoms with van der Waals surface area (Å²) >= 11 is 6.14. The molecule has 3 fully saturated rings. The molecule has 1 aromatic rings. The van der Waals surface area contributed by atoms with Crippen LogP contribution in [0.3, 0.4) is 0 Å². The lowest BCUT2D eigenvalue weighted by Gasteiger charge is -2.21. The van der Waals surface area contributed by atoms with Crippen LogP contribution in [0.1, 0.15) is 62.5 Å². The Hall–Kier alpha value is -3.35. The number of carbonyl (C=O) groups is 3. The third-order valence-corrected chi connectivity index (χ3v) is 10.8. The molecule has 0 bridgehead atoms. The first kappa shape index (κ1) is 33.0. The Balaban J connectivity index is 1.51. The minimum atomic E-state index is -1.06. The molecule has 7 N–H and O–H groups in total. The first-order valence-corrected chi connectivity index (χ1v) is 17.0. The van der Waals surface area contributed by atoms with Gasteiger partial charge < -0.3 is 36.3 Å². The van der Waals surface area contributed by atoms with Crippen molar-refractivity contribution < 1.29 is 29.7 Å². The molecule has 7 atom stereocenters. The van der Waals surface area contributed by atoms with E-state index in [9.17, 15) is 29.7 Å². The fourth-order valence-electron chi connectivity index (χ4n) is 6.83. The fourth-order valence-corrected chi connectivity index (χ4v) is 7.94. The molecule has 242 valence electrons. The molecule has 12 heteroatoms. The number of hydrogen-bond donors (Lipinski definition) is 8. The summed E-state index contributed by atoms with van der Waals surface area (Å²) in [6, 6.07) is -0.216. The van der Waals surface area contributed by atoms with Gasteiger partial charge in [0.1, 0.15) is 6.23 Å². The second kappa shape index (κ2) is 13.6. The Kier molecular flexibility index (Phi) is 9.95. The summed E-state index contributed by atoms with van der Waals surface area (Å²) in [5.41, 5.74) is 7.43. The van der Waals surface area contributed by atoms with Gasteiger partial charge >= 0.3 is 11.9 Å². The van der Waals surface area contributed by atoms with E-state index in [1.807, 2.05) is 57.7 Å². The Morgan fingerprint density at radius 1 is 1.09 bits per heavy atom. The van der Waals surface area contributed by atoms with Crippen molar-refractivity contribution in [1.82, 2.24) is 20.9 Å². The summed E-state index contributed by atoms with van der Waals surface area (Å²) < 4.78 is 0. The Labute approximate surface area is 273 Å². The summed E-state index contributed by atoms with van der Waals surface area (Å²) in [7, 11) is 0. The first-order valence-electron chi connectivity index (χ1n) is 15.3. The van der Waals surface area contributed by atoms with Gasteiger partial charge in [0, 0.05) is 93.0 Å². The molecule has 0 spiro atoms. The Morgan fingerprint density at radius 2 is 1.82 bits per heavy atom. The number of aromatic amines is 1. The minimum absolute atomic E-state index is 0.00691. The molecule has 0 aliphatic carbocycles. The molecule has 5 rings (SSSR count). The molecule has 5 heterocycles. The van der Waals surface area contributed by atoms with Crippen molar-refractivity contribution in [3.05, 3.63) is 62.8 Å². The predicted molar refractivity (Wildman–Crippen MR) is 180 cm³/mol. The van der Waals surface area contributed by atoms with E-state index >= 15 is 0 Å². The number of nitrogens with one attached hydrogen (secondary N) is 4. The van der Waals surface area contributed by atoms with Crippen molar-refractivity contribution in [3.8, 4) is 0 Å². The molecule has 1 amide bonds. The van der Waals surface area contributed by atoms with E-state index in [0.29, 0.717) is 35.1 Å². The van der Waals surface area contributed by atoms with Gasteiger partial charge in [0.25, 0.3) is 0 Å². The van der Waals surface area contributed by atoms with E-state index in [1.54, 1.807) is 6.08 Å². The Bertz CT molecular complexity index is 1540. The lowest BCUT2D eigenvalue weighted by molar-refractivity contribution is -0.137. The molecular formula is C33H42N4O6S2. The molecule has 10 nitrogen and oxygen atoms in total. The molecule has 0 aromatic carbocycles. The van der Waals surface area contributed by atoms with Gasteiger partial charge in [-0.15, -0.1) is 0 Å². The van der Waals surface area contributed by atoms with Crippen molar-refractivity contribution >= 4 is 60.5 Å². The number of rotatable bonds is 11. The molecule has 1 aromatic heterocycles. The number of hydrogen-bond acceptors (Lipinski definition) is 8. The van der Waals surface area contributed by atoms with Crippen LogP contribution in [0, 0.1) is 24.7 Å². The van der Waals surface area contributed by atoms with Gasteiger partial charge in [-0.25, -0.2) is 4.79 Å². The van der Waals surface area contributed by atoms with Gasteiger partial charge in [0.15, 0.2) is 0 Å². The summed E-state index contributed by atoms with van der Waals surface area (Å²) in [6.45, 7) is 8.00. The highest BCUT2D eigenvalue weighted by Crippen LogP contribution is 2.47. The van der Waals surface area contributed by atoms with Gasteiger partial charge in [-0.1, -0.05) is 19.9 Å². The normalized spacial score (nSPS) is 32.2. The summed E-state index contributed by atoms with van der Waals surface area (Å²) in [4.78, 5) is 39.2. The van der Waals surface area contributed by atoms with Gasteiger partial charge in [0.2, 0.25) is 5.91 Å². The van der Waals surface area contributed by atoms with Crippen LogP contribution in [0.25, 0.3) is 18.2 Å². The van der Waals surface area contributed by atoms with Crippen molar-refractivity contribution in [3.63, 3.8) is 0 Å². The summed E-state index contributed by atoms with van der Waals surface area (Å²) in [6.07, 6.45) is 8.74. The number of H-pyrrole nitrogens is 1. The second-order valence-corrected chi connectivity index (χ2v) is 14.0. The molecular weight excluding hydrogens is 613 g/mol. The maximum absolute atomic E-state index is 12.6. The summed E-state index contributed by atoms with van der Waals surface area (Å²) in [5.74, 6) is -0.229. The third kappa shape index (κ3) is 7.07. The zero-order valence-electron chi connectivity index (χ0n) is 25.9. The molecule has 3 saturated heterocycles. The van der Waals surface area contributed by atoms with Crippen molar-refractivity contribution in [2.75, 3.05) is 11.5 Å². The van der Waals surface area contributed by atoms with Crippen LogP contribution in [0.2, 0.25) is 0 Å². The molecule has 0 radical (unpaired) electrons. The molecule has 45 heavy (non-hydrogen) atoms. The average Bonchev–Trinajstić information content (AvgIpc) is 3.56. The van der Waals surface area contributed by atoms with E-state index in [0.717, 1.165) is 51.2 Å². The van der Waals surface area contributed by atoms with Gasteiger partial charge in [-0.2, -0.15) is 24.4 Å². The maximum atomic E-state index is 12.6. The third-order valence-electron chi connectivity index (χ3n) is 9.56. The van der Waals surface area contributed by atoms with Crippen LogP contribution in [-0.2, 0) is 14.4 Å². The van der Waals surface area contributed by atoms with Gasteiger partial charge in [-0.3, -0.25) is 9.59 Å². The highest BCUT2D eigenvalue weighted by Gasteiger charge is 2.45. The topological polar surface area (TPSA) is 164 Å². The Morgan fingerprint density at radius 3 is 2.47 bits per heavy atom. The number of thiol groups is 1. The average molecular weight is 655 g/mol. The minimum Gasteiger partial charge on any atom is -0.481 e. The molecule has 3 unspecified atom stereocenters. The van der Waals surface area contributed by atoms with Crippen LogP contribution >= 0.6 is 24.4 Å². The highest BCUT2D eigenvalue weighted by molar-refractivity contribution is 8.06. The highest BCUT2D eigenvalue weighted by atomic mass is 32.2. The van der Waals surface area contributed by atoms with Crippen LogP contribution in [0.15, 0.2) is 40.3 Å². The number of aliphatic carboxylic acids is 2. The first-order chi connectivity index (χ1) is 21.4. The van der Waals surface area contributed by atoms with Gasteiger partial charge in [-0.05, 0) is 61.6 Å². The number of thioether (sulfide) groups is 1. The lowest BCUT2D eigenvalue weighted by Crippen LogP contribution is -2.36. The largest absolute Gasteiger partial charge is 0.481 e. The van der Waals surface area contributed by atoms with Crippen LogP contribution < -0.4 is 16.0 Å². The van der Waals surface area contributed by atoms with E-state index < -0.39 is 18.2 Å². The molecule has 4 aliphatic rings.